The van der Waals surface area contributed by atoms with E-state index in [9.17, 15) is 14.9 Å². The van der Waals surface area contributed by atoms with E-state index in [4.69, 9.17) is 4.74 Å². The van der Waals surface area contributed by atoms with Gasteiger partial charge in [-0.25, -0.2) is 8.91 Å². The van der Waals surface area contributed by atoms with Crippen LogP contribution in [0.2, 0.25) is 0 Å². The van der Waals surface area contributed by atoms with E-state index < -0.39 is 11.6 Å². The number of piperidine rings is 1. The standard InChI is InChI=1S/C25H26FN7O3/c1-4-22(34)31-14-25(26,15-31)24(35)30-7-5-19(6-8-30)33-16(2)20(12-29-33)17-9-21(36-3)23-18(10-27)11-28-32(23)13-17/h4,9,11-13,19H,1,5-8,14-15H2,2-3H3. The van der Waals surface area contributed by atoms with Gasteiger partial charge in [0.05, 0.1) is 38.6 Å². The molecule has 2 aliphatic heterocycles. The highest BCUT2D eigenvalue weighted by Crippen LogP contribution is 2.34. The molecule has 0 radical (unpaired) electrons. The topological polar surface area (TPSA) is 109 Å². The second kappa shape index (κ2) is 8.78. The molecule has 3 aromatic rings. The van der Waals surface area contributed by atoms with E-state index in [-0.39, 0.29) is 25.0 Å². The maximum atomic E-state index is 15.0. The van der Waals surface area contributed by atoms with E-state index in [1.165, 1.54) is 11.1 Å². The number of pyridine rings is 1. The molecule has 2 aliphatic rings. The number of hydrogen-bond acceptors (Lipinski definition) is 6. The van der Waals surface area contributed by atoms with Crippen LogP contribution in [-0.4, -0.2) is 80.0 Å². The normalized spacial score (nSPS) is 17.5. The lowest BCUT2D eigenvalue weighted by Gasteiger charge is -2.45. The Morgan fingerprint density at radius 1 is 1.25 bits per heavy atom. The molecule has 36 heavy (non-hydrogen) atoms. The van der Waals surface area contributed by atoms with Gasteiger partial charge in [0.1, 0.15) is 22.9 Å². The minimum Gasteiger partial charge on any atom is -0.494 e. The Hall–Kier alpha value is -4.20. The molecule has 0 aliphatic carbocycles. The van der Waals surface area contributed by atoms with E-state index in [1.807, 2.05) is 23.9 Å². The van der Waals surface area contributed by atoms with Crippen molar-refractivity contribution in [3.8, 4) is 22.9 Å². The maximum Gasteiger partial charge on any atom is 0.264 e. The van der Waals surface area contributed by atoms with Crippen LogP contribution in [0.5, 0.6) is 5.75 Å². The largest absolute Gasteiger partial charge is 0.494 e. The Morgan fingerprint density at radius 2 is 1.97 bits per heavy atom. The summed E-state index contributed by atoms with van der Waals surface area (Å²) in [5, 5.41) is 18.2. The zero-order chi connectivity index (χ0) is 25.6. The first-order valence-electron chi connectivity index (χ1n) is 11.7. The quantitative estimate of drug-likeness (QED) is 0.507. The summed E-state index contributed by atoms with van der Waals surface area (Å²) in [6, 6.07) is 4.06. The molecule has 2 fully saturated rings. The Kier molecular flexibility index (Phi) is 5.74. The first-order valence-corrected chi connectivity index (χ1v) is 11.7. The van der Waals surface area contributed by atoms with Gasteiger partial charge in [0.25, 0.3) is 5.91 Å². The lowest BCUT2D eigenvalue weighted by atomic mass is 9.92. The van der Waals surface area contributed by atoms with E-state index in [1.54, 1.807) is 22.7 Å². The predicted octanol–water partition coefficient (Wildman–Crippen LogP) is 2.29. The molecule has 5 heterocycles. The van der Waals surface area contributed by atoms with Crippen molar-refractivity contribution in [2.75, 3.05) is 33.3 Å². The summed E-state index contributed by atoms with van der Waals surface area (Å²) < 4.78 is 24.1. The predicted molar refractivity (Wildman–Crippen MR) is 128 cm³/mol. The molecule has 0 bridgehead atoms. The summed E-state index contributed by atoms with van der Waals surface area (Å²) >= 11 is 0. The molecule has 0 spiro atoms. The third-order valence-electron chi connectivity index (χ3n) is 7.12. The molecular formula is C25H26FN7O3. The maximum absolute atomic E-state index is 15.0. The van der Waals surface area contributed by atoms with Crippen LogP contribution in [0, 0.1) is 18.3 Å². The van der Waals surface area contributed by atoms with Gasteiger partial charge in [-0.1, -0.05) is 6.58 Å². The monoisotopic (exact) mass is 491 g/mol. The van der Waals surface area contributed by atoms with E-state index in [0.29, 0.717) is 42.8 Å². The molecule has 2 amide bonds. The van der Waals surface area contributed by atoms with Crippen LogP contribution < -0.4 is 4.74 Å². The molecule has 3 aromatic heterocycles. The van der Waals surface area contributed by atoms with Crippen LogP contribution in [0.3, 0.4) is 0 Å². The number of ether oxygens (including phenoxy) is 1. The second-order valence-electron chi connectivity index (χ2n) is 9.24. The fraction of sp³-hybridized carbons (Fsp3) is 0.400. The number of hydrogen-bond donors (Lipinski definition) is 0. The number of likely N-dealkylation sites (tertiary alicyclic amines) is 2. The Labute approximate surface area is 207 Å². The number of rotatable bonds is 5. The Bertz CT molecular complexity index is 1400. The number of carbonyl (C=O) groups is 2. The van der Waals surface area contributed by atoms with Crippen LogP contribution in [0.1, 0.15) is 30.1 Å². The van der Waals surface area contributed by atoms with Crippen molar-refractivity contribution >= 4 is 17.3 Å². The van der Waals surface area contributed by atoms with Crippen molar-refractivity contribution in [3.63, 3.8) is 0 Å². The number of nitriles is 1. The van der Waals surface area contributed by atoms with Gasteiger partial charge in [0.15, 0.2) is 0 Å². The van der Waals surface area contributed by atoms with Crippen LogP contribution in [-0.2, 0) is 9.59 Å². The Morgan fingerprint density at radius 3 is 2.61 bits per heavy atom. The fourth-order valence-corrected chi connectivity index (χ4v) is 5.12. The van der Waals surface area contributed by atoms with Crippen molar-refractivity contribution in [1.82, 2.24) is 29.2 Å². The van der Waals surface area contributed by atoms with Gasteiger partial charge in [-0.15, -0.1) is 0 Å². The van der Waals surface area contributed by atoms with Crippen LogP contribution in [0.15, 0.2) is 37.3 Å². The summed E-state index contributed by atoms with van der Waals surface area (Å²) in [6.45, 7) is 5.77. The molecule has 0 unspecified atom stereocenters. The summed E-state index contributed by atoms with van der Waals surface area (Å²) in [5.41, 5.74) is 1.74. The van der Waals surface area contributed by atoms with Crippen molar-refractivity contribution in [3.05, 3.63) is 48.6 Å². The number of alkyl halides is 1. The average Bonchev–Trinajstić information content (AvgIpc) is 3.48. The number of nitrogens with zero attached hydrogens (tertiary/aromatic N) is 7. The van der Waals surface area contributed by atoms with Crippen LogP contribution in [0.25, 0.3) is 16.6 Å². The van der Waals surface area contributed by atoms with Crippen molar-refractivity contribution in [2.24, 2.45) is 0 Å². The highest BCUT2D eigenvalue weighted by Gasteiger charge is 2.53. The van der Waals surface area contributed by atoms with Gasteiger partial charge < -0.3 is 14.5 Å². The Balaban J connectivity index is 1.30. The first-order chi connectivity index (χ1) is 17.3. The van der Waals surface area contributed by atoms with Gasteiger partial charge in [0, 0.05) is 36.1 Å². The first kappa shape index (κ1) is 23.5. The van der Waals surface area contributed by atoms with Crippen molar-refractivity contribution in [1.29, 1.82) is 5.26 Å². The zero-order valence-electron chi connectivity index (χ0n) is 20.1. The van der Waals surface area contributed by atoms with Gasteiger partial charge in [-0.3, -0.25) is 14.3 Å². The van der Waals surface area contributed by atoms with Gasteiger partial charge >= 0.3 is 0 Å². The summed E-state index contributed by atoms with van der Waals surface area (Å²) in [4.78, 5) is 27.2. The molecule has 0 aromatic carbocycles. The lowest BCUT2D eigenvalue weighted by molar-refractivity contribution is -0.162. The van der Waals surface area contributed by atoms with E-state index in [0.717, 1.165) is 22.9 Å². The lowest BCUT2D eigenvalue weighted by Crippen LogP contribution is -2.68. The third-order valence-corrected chi connectivity index (χ3v) is 7.12. The number of halogens is 1. The molecule has 10 nitrogen and oxygen atoms in total. The molecule has 2 saturated heterocycles. The van der Waals surface area contributed by atoms with Gasteiger partial charge in [-0.05, 0) is 31.9 Å². The fourth-order valence-electron chi connectivity index (χ4n) is 5.12. The van der Waals surface area contributed by atoms with Crippen LogP contribution >= 0.6 is 0 Å². The third kappa shape index (κ3) is 3.69. The molecular weight excluding hydrogens is 465 g/mol. The molecule has 186 valence electrons. The zero-order valence-corrected chi connectivity index (χ0v) is 20.1. The smallest absolute Gasteiger partial charge is 0.264 e. The second-order valence-corrected chi connectivity index (χ2v) is 9.24. The molecule has 11 heteroatoms. The highest BCUT2D eigenvalue weighted by atomic mass is 19.1. The average molecular weight is 492 g/mol. The minimum atomic E-state index is -2.02. The number of amides is 2. The highest BCUT2D eigenvalue weighted by molar-refractivity contribution is 5.93. The summed E-state index contributed by atoms with van der Waals surface area (Å²) in [6.07, 6.45) is 7.56. The molecule has 0 N–H and O–H groups in total. The molecule has 0 atom stereocenters. The van der Waals surface area contributed by atoms with Crippen LogP contribution in [0.4, 0.5) is 4.39 Å². The SMILES string of the molecule is C=CC(=O)N1CC(F)(C(=O)N2CCC(n3ncc(-c4cc(OC)c5c(C#N)cnn5c4)c3C)CC2)C1. The molecule has 5 rings (SSSR count). The summed E-state index contributed by atoms with van der Waals surface area (Å²) in [5.74, 6) is -0.372. The van der Waals surface area contributed by atoms with Gasteiger partial charge in [-0.2, -0.15) is 15.5 Å². The summed E-state index contributed by atoms with van der Waals surface area (Å²) in [7, 11) is 1.55. The van der Waals surface area contributed by atoms with Crippen molar-refractivity contribution < 1.29 is 18.7 Å². The number of aromatic nitrogens is 4. The van der Waals surface area contributed by atoms with Gasteiger partial charge in [0.2, 0.25) is 11.6 Å². The number of carbonyl (C=O) groups excluding carboxylic acids is 2. The number of methoxy groups -OCH3 is 1. The number of fused-ring (bicyclic) bond motifs is 1. The van der Waals surface area contributed by atoms with Crippen molar-refractivity contribution in [2.45, 2.75) is 31.5 Å². The molecule has 0 saturated carbocycles. The van der Waals surface area contributed by atoms with E-state index in [2.05, 4.69) is 22.8 Å². The van der Waals surface area contributed by atoms with E-state index >= 15 is 4.39 Å². The minimum absolute atomic E-state index is 0.0686.